The Kier molecular flexibility index (Phi) is 7.43. The number of aliphatic hydroxyl groups is 3. The van der Waals surface area contributed by atoms with Crippen molar-refractivity contribution in [2.24, 2.45) is 0 Å². The number of carbonyl (C=O) groups excluding carboxylic acids is 1. The Balaban J connectivity index is 2.67. The lowest BCUT2D eigenvalue weighted by atomic mass is 10.1. The van der Waals surface area contributed by atoms with Crippen molar-refractivity contribution in [3.63, 3.8) is 0 Å². The lowest BCUT2D eigenvalue weighted by Crippen LogP contribution is -2.43. The minimum absolute atomic E-state index is 0.138. The van der Waals surface area contributed by atoms with Crippen molar-refractivity contribution in [1.82, 2.24) is 10.2 Å². The van der Waals surface area contributed by atoms with E-state index in [0.717, 1.165) is 25.7 Å². The average Bonchev–Trinajstić information content (AvgIpc) is 2.67. The van der Waals surface area contributed by atoms with Gasteiger partial charge in [0.2, 0.25) is 5.91 Å². The second kappa shape index (κ2) is 8.56. The quantitative estimate of drug-likeness (QED) is 0.451. The Morgan fingerprint density at radius 1 is 1.15 bits per heavy atom. The van der Waals surface area contributed by atoms with Gasteiger partial charge in [-0.05, 0) is 13.0 Å². The molecule has 0 aromatic carbocycles. The van der Waals surface area contributed by atoms with Crippen molar-refractivity contribution in [1.29, 1.82) is 0 Å². The van der Waals surface area contributed by atoms with Crippen molar-refractivity contribution < 1.29 is 20.1 Å². The monoisotopic (exact) mass is 288 g/mol. The fraction of sp³-hybridized carbons (Fsp3) is 0.929. The molecule has 0 aromatic heterocycles. The second-order valence-corrected chi connectivity index (χ2v) is 5.47. The molecule has 1 heterocycles. The highest BCUT2D eigenvalue weighted by Gasteiger charge is 2.47. The predicted octanol–water partition coefficient (Wildman–Crippen LogP) is -0.530. The molecule has 6 heteroatoms. The fourth-order valence-corrected chi connectivity index (χ4v) is 2.89. The summed E-state index contributed by atoms with van der Waals surface area (Å²) >= 11 is 0. The summed E-state index contributed by atoms with van der Waals surface area (Å²) in [6.45, 7) is 2.60. The molecule has 0 aromatic rings. The average molecular weight is 288 g/mol. The maximum Gasteiger partial charge on any atom is 0.221 e. The van der Waals surface area contributed by atoms with Gasteiger partial charge in [-0.25, -0.2) is 0 Å². The minimum Gasteiger partial charge on any atom is -0.395 e. The first-order chi connectivity index (χ1) is 9.56. The van der Waals surface area contributed by atoms with E-state index >= 15 is 0 Å². The van der Waals surface area contributed by atoms with Gasteiger partial charge in [-0.2, -0.15) is 0 Å². The highest BCUT2D eigenvalue weighted by atomic mass is 16.3. The minimum atomic E-state index is -0.999. The first kappa shape index (κ1) is 17.4. The van der Waals surface area contributed by atoms with Crippen LogP contribution in [-0.4, -0.2) is 70.6 Å². The molecule has 0 spiro atoms. The molecule has 6 nitrogen and oxygen atoms in total. The van der Waals surface area contributed by atoms with Gasteiger partial charge >= 0.3 is 0 Å². The van der Waals surface area contributed by atoms with Gasteiger partial charge in [0.25, 0.3) is 0 Å². The van der Waals surface area contributed by atoms with Crippen molar-refractivity contribution in [3.05, 3.63) is 0 Å². The molecule has 1 rings (SSSR count). The first-order valence-corrected chi connectivity index (χ1v) is 7.50. The Hall–Kier alpha value is -0.690. The van der Waals surface area contributed by atoms with Crippen LogP contribution in [0.4, 0.5) is 0 Å². The summed E-state index contributed by atoms with van der Waals surface area (Å²) in [5.41, 5.74) is 0. The number of likely N-dealkylation sites (tertiary alicyclic amines) is 1. The molecule has 1 fully saturated rings. The molecule has 0 radical (unpaired) electrons. The summed E-state index contributed by atoms with van der Waals surface area (Å²) in [6.07, 6.45) is 2.44. The van der Waals surface area contributed by atoms with Crippen LogP contribution in [0.1, 0.15) is 39.0 Å². The van der Waals surface area contributed by atoms with Gasteiger partial charge in [0, 0.05) is 19.5 Å². The van der Waals surface area contributed by atoms with Crippen LogP contribution in [0.5, 0.6) is 0 Å². The number of nitrogens with zero attached hydrogens (tertiary/aromatic N) is 1. The Morgan fingerprint density at radius 2 is 1.80 bits per heavy atom. The Bertz CT molecular complexity index is 301. The van der Waals surface area contributed by atoms with Crippen LogP contribution in [0.3, 0.4) is 0 Å². The number of unbranched alkanes of at least 4 members (excludes halogenated alkanes) is 3. The maximum atomic E-state index is 11.5. The van der Waals surface area contributed by atoms with Crippen LogP contribution in [0, 0.1) is 0 Å². The van der Waals surface area contributed by atoms with Crippen LogP contribution in [-0.2, 0) is 4.79 Å². The van der Waals surface area contributed by atoms with Crippen LogP contribution in [0.25, 0.3) is 0 Å². The standard InChI is InChI=1S/C14H28N2O4/c1-3-4-5-6-7-16-10(8-12(18)15-2)13(19)14(20)11(16)9-17/h10-11,13-14,17,19-20H,3-9H2,1-2H3,(H,15,18)/t10-,11+,13+,14+/m1/s1. The van der Waals surface area contributed by atoms with Gasteiger partial charge in [0.05, 0.1) is 24.9 Å². The van der Waals surface area contributed by atoms with E-state index in [1.165, 1.54) is 0 Å². The fourth-order valence-electron chi connectivity index (χ4n) is 2.89. The second-order valence-electron chi connectivity index (χ2n) is 5.47. The van der Waals surface area contributed by atoms with E-state index in [1.807, 2.05) is 4.90 Å². The predicted molar refractivity (Wildman–Crippen MR) is 76.2 cm³/mol. The molecule has 0 unspecified atom stereocenters. The molecule has 118 valence electrons. The zero-order chi connectivity index (χ0) is 15.1. The van der Waals surface area contributed by atoms with Gasteiger partial charge in [-0.15, -0.1) is 0 Å². The third-order valence-corrected chi connectivity index (χ3v) is 4.12. The van der Waals surface area contributed by atoms with Gasteiger partial charge in [-0.1, -0.05) is 26.2 Å². The summed E-state index contributed by atoms with van der Waals surface area (Å²) in [4.78, 5) is 13.4. The smallest absolute Gasteiger partial charge is 0.221 e. The van der Waals surface area contributed by atoms with E-state index < -0.39 is 24.3 Å². The summed E-state index contributed by atoms with van der Waals surface area (Å²) in [7, 11) is 1.55. The topological polar surface area (TPSA) is 93.0 Å². The molecular formula is C14H28N2O4. The van der Waals surface area contributed by atoms with Gasteiger partial charge in [0.15, 0.2) is 0 Å². The molecule has 1 saturated heterocycles. The number of amides is 1. The van der Waals surface area contributed by atoms with E-state index in [1.54, 1.807) is 7.05 Å². The molecule has 1 aliphatic rings. The number of nitrogens with one attached hydrogen (secondary N) is 1. The summed E-state index contributed by atoms with van der Waals surface area (Å²) in [5, 5.41) is 32.1. The van der Waals surface area contributed by atoms with Crippen molar-refractivity contribution in [2.75, 3.05) is 20.2 Å². The van der Waals surface area contributed by atoms with Gasteiger partial charge < -0.3 is 20.6 Å². The lowest BCUT2D eigenvalue weighted by Gasteiger charge is -2.29. The van der Waals surface area contributed by atoms with E-state index in [9.17, 15) is 20.1 Å². The summed E-state index contributed by atoms with van der Waals surface area (Å²) < 4.78 is 0. The van der Waals surface area contributed by atoms with Crippen LogP contribution >= 0.6 is 0 Å². The number of aliphatic hydroxyl groups excluding tert-OH is 3. The third-order valence-electron chi connectivity index (χ3n) is 4.12. The molecule has 1 amide bonds. The van der Waals surface area contributed by atoms with Gasteiger partial charge in [-0.3, -0.25) is 9.69 Å². The van der Waals surface area contributed by atoms with Crippen molar-refractivity contribution in [2.45, 2.75) is 63.3 Å². The zero-order valence-corrected chi connectivity index (χ0v) is 12.5. The first-order valence-electron chi connectivity index (χ1n) is 7.50. The Labute approximate surface area is 120 Å². The van der Waals surface area contributed by atoms with Crippen LogP contribution in [0.2, 0.25) is 0 Å². The summed E-state index contributed by atoms with van der Waals surface area (Å²) in [6, 6.07) is -0.912. The van der Waals surface area contributed by atoms with Crippen LogP contribution < -0.4 is 5.32 Å². The molecule has 0 bridgehead atoms. The van der Waals surface area contributed by atoms with Crippen molar-refractivity contribution >= 4 is 5.91 Å². The third kappa shape index (κ3) is 4.15. The molecule has 1 aliphatic heterocycles. The lowest BCUT2D eigenvalue weighted by molar-refractivity contribution is -0.122. The van der Waals surface area contributed by atoms with E-state index in [4.69, 9.17) is 0 Å². The highest BCUT2D eigenvalue weighted by molar-refractivity contribution is 5.76. The van der Waals surface area contributed by atoms with E-state index in [2.05, 4.69) is 12.2 Å². The molecule has 4 atom stereocenters. The number of hydrogen-bond acceptors (Lipinski definition) is 5. The Morgan fingerprint density at radius 3 is 2.35 bits per heavy atom. The summed E-state index contributed by atoms with van der Waals surface area (Å²) in [5.74, 6) is -0.168. The normalized spacial score (nSPS) is 30.6. The molecule has 0 aliphatic carbocycles. The molecule has 20 heavy (non-hydrogen) atoms. The SMILES string of the molecule is CCCCCCN1[C@H](CC(=O)NC)[C@H](O)[C@@H](O)[C@@H]1CO. The largest absolute Gasteiger partial charge is 0.395 e. The van der Waals surface area contributed by atoms with Crippen molar-refractivity contribution in [3.8, 4) is 0 Å². The number of carbonyl (C=O) groups is 1. The maximum absolute atomic E-state index is 11.5. The van der Waals surface area contributed by atoms with E-state index in [-0.39, 0.29) is 18.9 Å². The van der Waals surface area contributed by atoms with E-state index in [0.29, 0.717) is 6.54 Å². The zero-order valence-electron chi connectivity index (χ0n) is 12.5. The number of rotatable bonds is 8. The molecular weight excluding hydrogens is 260 g/mol. The van der Waals surface area contributed by atoms with Gasteiger partial charge in [0.1, 0.15) is 0 Å². The molecule has 4 N–H and O–H groups in total. The number of hydrogen-bond donors (Lipinski definition) is 4. The van der Waals surface area contributed by atoms with Crippen LogP contribution in [0.15, 0.2) is 0 Å². The highest BCUT2D eigenvalue weighted by Crippen LogP contribution is 2.28. The molecule has 0 saturated carbocycles.